The van der Waals surface area contributed by atoms with E-state index in [9.17, 15) is 13.2 Å². The Labute approximate surface area is 211 Å². The second kappa shape index (κ2) is 10.9. The molecule has 2 aromatic carbocycles. The maximum absolute atomic E-state index is 13.1. The van der Waals surface area contributed by atoms with Crippen molar-refractivity contribution in [2.45, 2.75) is 38.5 Å². The van der Waals surface area contributed by atoms with Crippen LogP contribution in [0.5, 0.6) is 5.75 Å². The van der Waals surface area contributed by atoms with Crippen molar-refractivity contribution in [1.29, 1.82) is 0 Å². The largest absolute Gasteiger partial charge is 0.494 e. The fraction of sp³-hybridized carbons (Fsp3) is 0.385. The minimum absolute atomic E-state index is 0.207. The Morgan fingerprint density at radius 3 is 2.37 bits per heavy atom. The van der Waals surface area contributed by atoms with Crippen LogP contribution in [-0.4, -0.2) is 43.3 Å². The molecule has 1 amide bonds. The second-order valence-electron chi connectivity index (χ2n) is 9.16. The first-order valence-electron chi connectivity index (χ1n) is 11.9. The Morgan fingerprint density at radius 1 is 1.09 bits per heavy atom. The van der Waals surface area contributed by atoms with E-state index in [1.54, 1.807) is 16.4 Å². The smallest absolute Gasteiger partial charge is 0.257 e. The number of thiazole rings is 1. The number of nitrogens with zero attached hydrogens (tertiary/aromatic N) is 2. The highest BCUT2D eigenvalue weighted by molar-refractivity contribution is 7.89. The molecule has 1 aliphatic rings. The van der Waals surface area contributed by atoms with Gasteiger partial charge < -0.3 is 4.74 Å². The van der Waals surface area contributed by atoms with Crippen molar-refractivity contribution in [3.05, 3.63) is 59.5 Å². The molecule has 0 radical (unpaired) electrons. The van der Waals surface area contributed by atoms with Gasteiger partial charge in [-0.1, -0.05) is 20.8 Å². The zero-order valence-electron chi connectivity index (χ0n) is 20.2. The predicted octanol–water partition coefficient (Wildman–Crippen LogP) is 5.52. The molecular weight excluding hydrogens is 482 g/mol. The standard InChI is InChI=1S/C26H31N3O4S2/c1-4-13-33-22-9-5-20(6-10-22)24-17-34-26(27-24)28-25(30)21-7-11-23(12-8-21)35(31,32)29-15-18(2)14-19(3)16-29/h5-12,17-19H,4,13-16H2,1-3H3,(H,27,28,30)/t18-,19-/m0/s1. The van der Waals surface area contributed by atoms with Crippen LogP contribution in [0.15, 0.2) is 58.8 Å². The molecule has 186 valence electrons. The van der Waals surface area contributed by atoms with Gasteiger partial charge in [-0.3, -0.25) is 10.1 Å². The fourth-order valence-electron chi connectivity index (χ4n) is 4.30. The van der Waals surface area contributed by atoms with Crippen LogP contribution < -0.4 is 10.1 Å². The molecule has 0 bridgehead atoms. The molecule has 1 aromatic heterocycles. The quantitative estimate of drug-likeness (QED) is 0.429. The van der Waals surface area contributed by atoms with E-state index < -0.39 is 10.0 Å². The summed E-state index contributed by atoms with van der Waals surface area (Å²) in [7, 11) is -3.58. The minimum atomic E-state index is -3.58. The first-order valence-corrected chi connectivity index (χ1v) is 14.2. The predicted molar refractivity (Wildman–Crippen MR) is 139 cm³/mol. The molecule has 7 nitrogen and oxygen atoms in total. The summed E-state index contributed by atoms with van der Waals surface area (Å²) in [4.78, 5) is 17.5. The van der Waals surface area contributed by atoms with Crippen molar-refractivity contribution < 1.29 is 17.9 Å². The lowest BCUT2D eigenvalue weighted by Gasteiger charge is -2.34. The lowest BCUT2D eigenvalue weighted by atomic mass is 9.94. The molecule has 1 aliphatic heterocycles. The van der Waals surface area contributed by atoms with Gasteiger partial charge in [0.2, 0.25) is 10.0 Å². The van der Waals surface area contributed by atoms with E-state index in [1.165, 1.54) is 23.5 Å². The SMILES string of the molecule is CCCOc1ccc(-c2csc(NC(=O)c3ccc(S(=O)(=O)N4C[C@@H](C)C[C@H](C)C4)cc3)n2)cc1. The molecule has 2 atom stereocenters. The number of carbonyl (C=O) groups is 1. The zero-order chi connectivity index (χ0) is 25.0. The lowest BCUT2D eigenvalue weighted by molar-refractivity contribution is 0.102. The minimum Gasteiger partial charge on any atom is -0.494 e. The van der Waals surface area contributed by atoms with Crippen LogP contribution in [0.3, 0.4) is 0 Å². The van der Waals surface area contributed by atoms with Gasteiger partial charge >= 0.3 is 0 Å². The zero-order valence-corrected chi connectivity index (χ0v) is 21.9. The van der Waals surface area contributed by atoms with Gasteiger partial charge in [0.25, 0.3) is 5.91 Å². The van der Waals surface area contributed by atoms with Crippen LogP contribution in [0.25, 0.3) is 11.3 Å². The maximum atomic E-state index is 13.1. The Morgan fingerprint density at radius 2 is 1.74 bits per heavy atom. The average Bonchev–Trinajstić information content (AvgIpc) is 3.31. The van der Waals surface area contributed by atoms with Crippen molar-refractivity contribution in [2.24, 2.45) is 11.8 Å². The van der Waals surface area contributed by atoms with Crippen LogP contribution in [0.2, 0.25) is 0 Å². The Bertz CT molecular complexity index is 1240. The van der Waals surface area contributed by atoms with Crippen molar-refractivity contribution in [3.8, 4) is 17.0 Å². The van der Waals surface area contributed by atoms with Gasteiger partial charge in [-0.25, -0.2) is 13.4 Å². The fourth-order valence-corrected chi connectivity index (χ4v) is 6.70. The molecule has 1 N–H and O–H groups in total. The Hall–Kier alpha value is -2.75. The van der Waals surface area contributed by atoms with Crippen LogP contribution in [0, 0.1) is 11.8 Å². The number of nitrogens with one attached hydrogen (secondary N) is 1. The van der Waals surface area contributed by atoms with Gasteiger partial charge in [-0.15, -0.1) is 11.3 Å². The third kappa shape index (κ3) is 6.09. The number of hydrogen-bond acceptors (Lipinski definition) is 6. The average molecular weight is 514 g/mol. The van der Waals surface area contributed by atoms with E-state index in [0.717, 1.165) is 29.8 Å². The number of rotatable bonds is 8. The van der Waals surface area contributed by atoms with E-state index >= 15 is 0 Å². The first-order chi connectivity index (χ1) is 16.8. The highest BCUT2D eigenvalue weighted by Gasteiger charge is 2.31. The van der Waals surface area contributed by atoms with E-state index in [-0.39, 0.29) is 10.8 Å². The van der Waals surface area contributed by atoms with Crippen molar-refractivity contribution in [2.75, 3.05) is 25.0 Å². The van der Waals surface area contributed by atoms with Gasteiger partial charge in [0.05, 0.1) is 17.2 Å². The summed E-state index contributed by atoms with van der Waals surface area (Å²) in [5.74, 6) is 1.13. The molecule has 9 heteroatoms. The Balaban J connectivity index is 1.40. The molecule has 0 aliphatic carbocycles. The number of benzene rings is 2. The highest BCUT2D eigenvalue weighted by Crippen LogP contribution is 2.28. The number of carbonyl (C=O) groups excluding carboxylic acids is 1. The van der Waals surface area contributed by atoms with Gasteiger partial charge in [-0.05, 0) is 73.2 Å². The number of anilines is 1. The van der Waals surface area contributed by atoms with Crippen LogP contribution in [0.4, 0.5) is 5.13 Å². The molecule has 35 heavy (non-hydrogen) atoms. The third-order valence-electron chi connectivity index (χ3n) is 5.94. The number of ether oxygens (including phenoxy) is 1. The molecule has 2 heterocycles. The number of sulfonamides is 1. The van der Waals surface area contributed by atoms with E-state index in [1.807, 2.05) is 29.6 Å². The molecule has 1 fully saturated rings. The van der Waals surface area contributed by atoms with Gasteiger partial charge in [0, 0.05) is 29.6 Å². The number of aromatic nitrogens is 1. The summed E-state index contributed by atoms with van der Waals surface area (Å²) in [5, 5.41) is 5.16. The molecular formula is C26H31N3O4S2. The number of amides is 1. The summed E-state index contributed by atoms with van der Waals surface area (Å²) >= 11 is 1.34. The highest BCUT2D eigenvalue weighted by atomic mass is 32.2. The van der Waals surface area contributed by atoms with Crippen LogP contribution >= 0.6 is 11.3 Å². The number of hydrogen-bond donors (Lipinski definition) is 1. The van der Waals surface area contributed by atoms with Gasteiger partial charge in [0.1, 0.15) is 5.75 Å². The van der Waals surface area contributed by atoms with Crippen LogP contribution in [-0.2, 0) is 10.0 Å². The van der Waals surface area contributed by atoms with Crippen molar-refractivity contribution in [3.63, 3.8) is 0 Å². The molecule has 3 aromatic rings. The Kier molecular flexibility index (Phi) is 7.88. The summed E-state index contributed by atoms with van der Waals surface area (Å²) in [5.41, 5.74) is 2.07. The summed E-state index contributed by atoms with van der Waals surface area (Å²) < 4.78 is 33.3. The van der Waals surface area contributed by atoms with Gasteiger partial charge in [0.15, 0.2) is 5.13 Å². The second-order valence-corrected chi connectivity index (χ2v) is 12.0. The van der Waals surface area contributed by atoms with Crippen LogP contribution in [0.1, 0.15) is 44.0 Å². The topological polar surface area (TPSA) is 88.6 Å². The number of piperidine rings is 1. The van der Waals surface area contributed by atoms with Gasteiger partial charge in [-0.2, -0.15) is 4.31 Å². The van der Waals surface area contributed by atoms with E-state index in [0.29, 0.717) is 42.2 Å². The molecule has 4 rings (SSSR count). The monoisotopic (exact) mass is 513 g/mol. The van der Waals surface area contributed by atoms with Crippen molar-refractivity contribution >= 4 is 32.4 Å². The maximum Gasteiger partial charge on any atom is 0.257 e. The summed E-state index contributed by atoms with van der Waals surface area (Å²) in [6.07, 6.45) is 1.98. The normalized spacial score (nSPS) is 18.8. The third-order valence-corrected chi connectivity index (χ3v) is 8.54. The molecule has 0 spiro atoms. The van der Waals surface area contributed by atoms with E-state index in [4.69, 9.17) is 4.74 Å². The summed E-state index contributed by atoms with van der Waals surface area (Å²) in [6.45, 7) is 7.94. The molecule has 0 saturated carbocycles. The van der Waals surface area contributed by atoms with E-state index in [2.05, 4.69) is 31.1 Å². The first kappa shape index (κ1) is 25.3. The lowest BCUT2D eigenvalue weighted by Crippen LogP contribution is -2.42. The molecule has 1 saturated heterocycles. The molecule has 0 unspecified atom stereocenters. The van der Waals surface area contributed by atoms with Crippen molar-refractivity contribution in [1.82, 2.24) is 9.29 Å². The summed E-state index contributed by atoms with van der Waals surface area (Å²) in [6, 6.07) is 13.8.